The number of carbonyl (C=O) groups is 1. The molecule has 7 nitrogen and oxygen atoms in total. The Morgan fingerprint density at radius 2 is 1.96 bits per heavy atom. The molecule has 1 aliphatic heterocycles. The first-order valence-corrected chi connectivity index (χ1v) is 10.5. The molecule has 1 amide bonds. The molecule has 2 aromatic rings. The number of carbonyl (C=O) groups excluding carboxylic acids is 1. The van der Waals surface area contributed by atoms with Crippen molar-refractivity contribution in [3.8, 4) is 0 Å². The van der Waals surface area contributed by atoms with Crippen LogP contribution in [0.3, 0.4) is 0 Å². The molecular weight excluding hydrogens is 390 g/mol. The minimum absolute atomic E-state index is 0.0155. The fraction of sp³-hybridized carbons (Fsp3) is 0.444. The maximum atomic E-state index is 12.8. The van der Waals surface area contributed by atoms with E-state index >= 15 is 0 Å². The van der Waals surface area contributed by atoms with Gasteiger partial charge in [-0.1, -0.05) is 17.7 Å². The van der Waals surface area contributed by atoms with Crippen LogP contribution < -0.4 is 0 Å². The number of rotatable bonds is 4. The average molecular weight is 412 g/mol. The number of nitrogens with zero attached hydrogens (tertiary/aromatic N) is 3. The predicted molar refractivity (Wildman–Crippen MR) is 101 cm³/mol. The molecule has 0 radical (unpaired) electrons. The number of aromatic nitrogens is 1. The van der Waals surface area contributed by atoms with Gasteiger partial charge in [0, 0.05) is 38.1 Å². The van der Waals surface area contributed by atoms with Gasteiger partial charge in [0.1, 0.15) is 5.76 Å². The van der Waals surface area contributed by atoms with Crippen LogP contribution in [0.4, 0.5) is 0 Å². The SMILES string of the molecule is Cc1oc(C2CCN(S(=O)(=O)c3cccc(Cl)c3)CC2)nc1C(=O)N(C)C. The number of oxazole rings is 1. The maximum absolute atomic E-state index is 12.8. The second-order valence-electron chi connectivity index (χ2n) is 6.79. The second kappa shape index (κ2) is 7.61. The van der Waals surface area contributed by atoms with Gasteiger partial charge in [-0.15, -0.1) is 0 Å². The Labute approximate surface area is 164 Å². The fourth-order valence-electron chi connectivity index (χ4n) is 3.12. The number of amides is 1. The topological polar surface area (TPSA) is 83.7 Å². The van der Waals surface area contributed by atoms with Crippen molar-refractivity contribution in [3.63, 3.8) is 0 Å². The highest BCUT2D eigenvalue weighted by molar-refractivity contribution is 7.89. The zero-order valence-corrected chi connectivity index (χ0v) is 17.0. The molecule has 9 heteroatoms. The summed E-state index contributed by atoms with van der Waals surface area (Å²) in [7, 11) is -0.257. The number of sulfonamides is 1. The summed E-state index contributed by atoms with van der Waals surface area (Å²) in [4.78, 5) is 18.1. The van der Waals surface area contributed by atoms with Crippen LogP contribution in [0.25, 0.3) is 0 Å². The van der Waals surface area contributed by atoms with E-state index in [0.29, 0.717) is 48.3 Å². The zero-order chi connectivity index (χ0) is 19.8. The molecule has 0 N–H and O–H groups in total. The Balaban J connectivity index is 1.72. The Kier molecular flexibility index (Phi) is 5.60. The third kappa shape index (κ3) is 4.02. The van der Waals surface area contributed by atoms with Gasteiger partial charge in [-0.05, 0) is 38.0 Å². The molecule has 1 aliphatic rings. The zero-order valence-electron chi connectivity index (χ0n) is 15.5. The maximum Gasteiger partial charge on any atom is 0.275 e. The molecule has 0 saturated carbocycles. The van der Waals surface area contributed by atoms with Crippen LogP contribution in [0, 0.1) is 6.92 Å². The highest BCUT2D eigenvalue weighted by atomic mass is 35.5. The summed E-state index contributed by atoms with van der Waals surface area (Å²) in [6.45, 7) is 2.43. The van der Waals surface area contributed by atoms with Crippen LogP contribution in [0.15, 0.2) is 33.6 Å². The van der Waals surface area contributed by atoms with E-state index in [0.717, 1.165) is 0 Å². The van der Waals surface area contributed by atoms with Crippen LogP contribution in [0.5, 0.6) is 0 Å². The van der Waals surface area contributed by atoms with Gasteiger partial charge in [0.05, 0.1) is 4.90 Å². The molecule has 146 valence electrons. The Bertz CT molecular complexity index is 947. The van der Waals surface area contributed by atoms with E-state index in [4.69, 9.17) is 16.0 Å². The van der Waals surface area contributed by atoms with Crippen molar-refractivity contribution in [3.05, 3.63) is 46.6 Å². The van der Waals surface area contributed by atoms with Gasteiger partial charge in [0.2, 0.25) is 10.0 Å². The van der Waals surface area contributed by atoms with Crippen molar-refractivity contribution in [2.75, 3.05) is 27.2 Å². The lowest BCUT2D eigenvalue weighted by atomic mass is 9.98. The molecular formula is C18H22ClN3O4S. The van der Waals surface area contributed by atoms with E-state index in [9.17, 15) is 13.2 Å². The number of hydrogen-bond donors (Lipinski definition) is 0. The highest BCUT2D eigenvalue weighted by Gasteiger charge is 2.32. The minimum atomic E-state index is -3.58. The van der Waals surface area contributed by atoms with E-state index in [-0.39, 0.29) is 16.7 Å². The van der Waals surface area contributed by atoms with Gasteiger partial charge in [-0.2, -0.15) is 4.31 Å². The molecule has 0 unspecified atom stereocenters. The molecule has 0 atom stereocenters. The van der Waals surface area contributed by atoms with Crippen molar-refractivity contribution >= 4 is 27.5 Å². The average Bonchev–Trinajstić information content (AvgIpc) is 3.02. The summed E-state index contributed by atoms with van der Waals surface area (Å²) in [6.07, 6.45) is 1.16. The van der Waals surface area contributed by atoms with Crippen molar-refractivity contribution < 1.29 is 17.6 Å². The van der Waals surface area contributed by atoms with Crippen LogP contribution in [0.2, 0.25) is 5.02 Å². The van der Waals surface area contributed by atoms with Crippen molar-refractivity contribution in [2.45, 2.75) is 30.6 Å². The quantitative estimate of drug-likeness (QED) is 0.772. The van der Waals surface area contributed by atoms with Crippen molar-refractivity contribution in [1.82, 2.24) is 14.2 Å². The fourth-order valence-corrected chi connectivity index (χ4v) is 4.89. The number of aryl methyl sites for hydroxylation is 1. The second-order valence-corrected chi connectivity index (χ2v) is 9.17. The summed E-state index contributed by atoms with van der Waals surface area (Å²) < 4.78 is 32.7. The van der Waals surface area contributed by atoms with Crippen molar-refractivity contribution in [1.29, 1.82) is 0 Å². The molecule has 0 aliphatic carbocycles. The van der Waals surface area contributed by atoms with E-state index in [1.165, 1.54) is 15.3 Å². The lowest BCUT2D eigenvalue weighted by Crippen LogP contribution is -2.38. The molecule has 27 heavy (non-hydrogen) atoms. The number of piperidine rings is 1. The lowest BCUT2D eigenvalue weighted by molar-refractivity contribution is 0.0821. The minimum Gasteiger partial charge on any atom is -0.445 e. The summed E-state index contributed by atoms with van der Waals surface area (Å²) in [5.74, 6) is 0.761. The largest absolute Gasteiger partial charge is 0.445 e. The number of halogens is 1. The first-order valence-electron chi connectivity index (χ1n) is 8.65. The Morgan fingerprint density at radius 3 is 2.56 bits per heavy atom. The lowest BCUT2D eigenvalue weighted by Gasteiger charge is -2.29. The predicted octanol–water partition coefficient (Wildman–Crippen LogP) is 2.91. The van der Waals surface area contributed by atoms with E-state index in [1.807, 2.05) is 0 Å². The standard InChI is InChI=1S/C18H22ClN3O4S/c1-12-16(18(23)21(2)3)20-17(26-12)13-7-9-22(10-8-13)27(24,25)15-6-4-5-14(19)11-15/h4-6,11,13H,7-10H2,1-3H3. The van der Waals surface area contributed by atoms with Crippen molar-refractivity contribution in [2.24, 2.45) is 0 Å². The third-order valence-electron chi connectivity index (χ3n) is 4.66. The molecule has 1 fully saturated rings. The van der Waals surface area contributed by atoms with Gasteiger partial charge in [0.25, 0.3) is 5.91 Å². The van der Waals surface area contributed by atoms with Gasteiger partial charge >= 0.3 is 0 Å². The third-order valence-corrected chi connectivity index (χ3v) is 6.79. The molecule has 1 aromatic heterocycles. The first-order chi connectivity index (χ1) is 12.7. The summed E-state index contributed by atoms with van der Waals surface area (Å²) in [5, 5.41) is 0.388. The molecule has 0 spiro atoms. The van der Waals surface area contributed by atoms with Crippen LogP contribution in [0.1, 0.15) is 40.9 Å². The summed E-state index contributed by atoms with van der Waals surface area (Å²) >= 11 is 5.92. The van der Waals surface area contributed by atoms with Gasteiger partial charge in [-0.25, -0.2) is 13.4 Å². The number of benzene rings is 1. The monoisotopic (exact) mass is 411 g/mol. The smallest absolute Gasteiger partial charge is 0.275 e. The van der Waals surface area contributed by atoms with Crippen LogP contribution in [-0.4, -0.2) is 55.7 Å². The molecule has 3 rings (SSSR count). The summed E-state index contributed by atoms with van der Waals surface area (Å²) in [5.41, 5.74) is 0.309. The first kappa shape index (κ1) is 19.9. The van der Waals surface area contributed by atoms with Crippen LogP contribution >= 0.6 is 11.6 Å². The van der Waals surface area contributed by atoms with Gasteiger partial charge in [-0.3, -0.25) is 4.79 Å². The Hall–Kier alpha value is -1.90. The van der Waals surface area contributed by atoms with E-state index < -0.39 is 10.0 Å². The summed E-state index contributed by atoms with van der Waals surface area (Å²) in [6, 6.07) is 6.27. The van der Waals surface area contributed by atoms with Crippen LogP contribution in [-0.2, 0) is 10.0 Å². The molecule has 0 bridgehead atoms. The van der Waals surface area contributed by atoms with E-state index in [1.54, 1.807) is 39.2 Å². The highest BCUT2D eigenvalue weighted by Crippen LogP contribution is 2.31. The van der Waals surface area contributed by atoms with Gasteiger partial charge in [0.15, 0.2) is 11.6 Å². The van der Waals surface area contributed by atoms with Gasteiger partial charge < -0.3 is 9.32 Å². The Morgan fingerprint density at radius 1 is 1.30 bits per heavy atom. The molecule has 1 saturated heterocycles. The molecule has 1 aromatic carbocycles. The van der Waals surface area contributed by atoms with E-state index in [2.05, 4.69) is 4.98 Å². The number of hydrogen-bond acceptors (Lipinski definition) is 5. The molecule has 2 heterocycles. The normalized spacial score (nSPS) is 16.4.